The van der Waals surface area contributed by atoms with E-state index in [0.29, 0.717) is 12.6 Å². The summed E-state index contributed by atoms with van der Waals surface area (Å²) >= 11 is 1.76. The summed E-state index contributed by atoms with van der Waals surface area (Å²) in [5.74, 6) is 0.173. The largest absolute Gasteiger partial charge is 0.377 e. The second-order valence-corrected chi connectivity index (χ2v) is 7.82. The zero-order valence-electron chi connectivity index (χ0n) is 13.8. The first-order chi connectivity index (χ1) is 11.3. The van der Waals surface area contributed by atoms with Crippen LogP contribution in [0.1, 0.15) is 49.8 Å². The van der Waals surface area contributed by atoms with Crippen molar-refractivity contribution >= 4 is 17.2 Å². The zero-order chi connectivity index (χ0) is 15.9. The topological polar surface area (TPSA) is 41.6 Å². The number of amides is 1. The van der Waals surface area contributed by atoms with Crippen LogP contribution in [0.4, 0.5) is 0 Å². The van der Waals surface area contributed by atoms with Crippen LogP contribution in [0.15, 0.2) is 17.5 Å². The monoisotopic (exact) mass is 336 g/mol. The fraction of sp³-hybridized carbons (Fsp3) is 0.722. The van der Waals surface area contributed by atoms with Gasteiger partial charge in [-0.2, -0.15) is 0 Å². The Bertz CT molecular complexity index is 465. The number of rotatable bonds is 7. The Labute approximate surface area is 143 Å². The first kappa shape index (κ1) is 16.9. The molecule has 1 saturated carbocycles. The maximum Gasteiger partial charge on any atom is 0.234 e. The minimum Gasteiger partial charge on any atom is -0.377 e. The minimum atomic E-state index is 0.173. The summed E-state index contributed by atoms with van der Waals surface area (Å²) < 4.78 is 5.76. The summed E-state index contributed by atoms with van der Waals surface area (Å²) in [7, 11) is 0. The third-order valence-electron chi connectivity index (χ3n) is 4.78. The first-order valence-electron chi connectivity index (χ1n) is 8.95. The van der Waals surface area contributed by atoms with E-state index < -0.39 is 0 Å². The van der Waals surface area contributed by atoms with Crippen molar-refractivity contribution in [3.05, 3.63) is 22.4 Å². The molecule has 0 radical (unpaired) electrons. The van der Waals surface area contributed by atoms with Gasteiger partial charge in [0.25, 0.3) is 0 Å². The minimum absolute atomic E-state index is 0.173. The molecule has 2 aliphatic rings. The molecule has 1 unspecified atom stereocenters. The number of nitrogens with one attached hydrogen (secondary N) is 1. The maximum absolute atomic E-state index is 12.4. The quantitative estimate of drug-likeness (QED) is 0.831. The van der Waals surface area contributed by atoms with Crippen LogP contribution in [-0.2, 0) is 16.1 Å². The highest BCUT2D eigenvalue weighted by Crippen LogP contribution is 2.19. The molecular formula is C18H28N2O2S. The number of hydrogen-bond acceptors (Lipinski definition) is 4. The average Bonchev–Trinajstić information content (AvgIpc) is 3.22. The van der Waals surface area contributed by atoms with Gasteiger partial charge in [0, 0.05) is 30.6 Å². The number of nitrogens with zero attached hydrogens (tertiary/aromatic N) is 1. The van der Waals surface area contributed by atoms with Gasteiger partial charge in [-0.25, -0.2) is 0 Å². The molecule has 1 amide bonds. The van der Waals surface area contributed by atoms with Crippen LogP contribution in [0.5, 0.6) is 0 Å². The molecular weight excluding hydrogens is 308 g/mol. The van der Waals surface area contributed by atoms with Crippen molar-refractivity contribution in [3.8, 4) is 0 Å². The third-order valence-corrected chi connectivity index (χ3v) is 5.64. The first-order valence-corrected chi connectivity index (χ1v) is 9.83. The van der Waals surface area contributed by atoms with Crippen molar-refractivity contribution in [2.75, 3.05) is 19.7 Å². The molecule has 1 aromatic rings. The summed E-state index contributed by atoms with van der Waals surface area (Å²) in [6, 6.07) is 4.61. The van der Waals surface area contributed by atoms with Gasteiger partial charge in [-0.3, -0.25) is 9.69 Å². The standard InChI is InChI=1S/C18H28N2O2S/c21-18(19-15-6-2-1-3-7-15)14-20(12-16-8-4-10-22-16)13-17-9-5-11-23-17/h5,9,11,15-16H,1-4,6-8,10,12-14H2,(H,19,21). The van der Waals surface area contributed by atoms with E-state index in [1.54, 1.807) is 11.3 Å². The van der Waals surface area contributed by atoms with Crippen LogP contribution in [0.2, 0.25) is 0 Å². The SMILES string of the molecule is O=C(CN(Cc1cccs1)CC1CCCO1)NC1CCCCC1. The van der Waals surface area contributed by atoms with Gasteiger partial charge in [-0.1, -0.05) is 25.3 Å². The van der Waals surface area contributed by atoms with E-state index in [-0.39, 0.29) is 12.0 Å². The van der Waals surface area contributed by atoms with Crippen LogP contribution in [0, 0.1) is 0 Å². The van der Waals surface area contributed by atoms with Crippen molar-refractivity contribution in [2.24, 2.45) is 0 Å². The number of carbonyl (C=O) groups is 1. The normalized spacial score (nSPS) is 22.6. The Hall–Kier alpha value is -0.910. The molecule has 1 aliphatic heterocycles. The van der Waals surface area contributed by atoms with Crippen LogP contribution in [0.3, 0.4) is 0 Å². The van der Waals surface area contributed by atoms with Gasteiger partial charge in [0.1, 0.15) is 0 Å². The highest BCUT2D eigenvalue weighted by molar-refractivity contribution is 7.09. The Morgan fingerprint density at radius 3 is 2.83 bits per heavy atom. The summed E-state index contributed by atoms with van der Waals surface area (Å²) in [5, 5.41) is 5.33. The van der Waals surface area contributed by atoms with Crippen molar-refractivity contribution in [1.82, 2.24) is 10.2 Å². The molecule has 5 heteroatoms. The molecule has 1 aliphatic carbocycles. The lowest BCUT2D eigenvalue weighted by Gasteiger charge is -2.27. The lowest BCUT2D eigenvalue weighted by Crippen LogP contribution is -2.44. The van der Waals surface area contributed by atoms with Crippen LogP contribution < -0.4 is 5.32 Å². The van der Waals surface area contributed by atoms with Gasteiger partial charge >= 0.3 is 0 Å². The maximum atomic E-state index is 12.4. The fourth-order valence-corrected chi connectivity index (χ4v) is 4.35. The average molecular weight is 337 g/mol. The van der Waals surface area contributed by atoms with Crippen molar-refractivity contribution < 1.29 is 9.53 Å². The van der Waals surface area contributed by atoms with E-state index in [2.05, 4.69) is 27.7 Å². The Morgan fingerprint density at radius 2 is 2.13 bits per heavy atom. The highest BCUT2D eigenvalue weighted by atomic mass is 32.1. The van der Waals surface area contributed by atoms with Crippen molar-refractivity contribution in [1.29, 1.82) is 0 Å². The third kappa shape index (κ3) is 5.59. The lowest BCUT2D eigenvalue weighted by molar-refractivity contribution is -0.123. The van der Waals surface area contributed by atoms with Gasteiger partial charge in [-0.05, 0) is 37.1 Å². The molecule has 2 heterocycles. The van der Waals surface area contributed by atoms with Gasteiger partial charge in [-0.15, -0.1) is 11.3 Å². The number of ether oxygens (including phenoxy) is 1. The molecule has 0 aromatic carbocycles. The number of thiophene rings is 1. The molecule has 23 heavy (non-hydrogen) atoms. The van der Waals surface area contributed by atoms with Gasteiger partial charge in [0.2, 0.25) is 5.91 Å². The van der Waals surface area contributed by atoms with Crippen LogP contribution >= 0.6 is 11.3 Å². The van der Waals surface area contributed by atoms with E-state index in [4.69, 9.17) is 4.74 Å². The summed E-state index contributed by atoms with van der Waals surface area (Å²) in [4.78, 5) is 16.0. The van der Waals surface area contributed by atoms with E-state index >= 15 is 0 Å². The molecule has 3 rings (SSSR count). The van der Waals surface area contributed by atoms with E-state index in [0.717, 1.165) is 45.4 Å². The number of hydrogen-bond donors (Lipinski definition) is 1. The van der Waals surface area contributed by atoms with E-state index in [1.165, 1.54) is 24.1 Å². The molecule has 1 N–H and O–H groups in total. The molecule has 1 atom stereocenters. The van der Waals surface area contributed by atoms with E-state index in [9.17, 15) is 4.79 Å². The molecule has 0 bridgehead atoms. The molecule has 128 valence electrons. The Morgan fingerprint density at radius 1 is 1.26 bits per heavy atom. The van der Waals surface area contributed by atoms with Gasteiger partial charge in [0.15, 0.2) is 0 Å². The van der Waals surface area contributed by atoms with Gasteiger partial charge < -0.3 is 10.1 Å². The molecule has 4 nitrogen and oxygen atoms in total. The number of carbonyl (C=O) groups excluding carboxylic acids is 1. The smallest absolute Gasteiger partial charge is 0.234 e. The fourth-order valence-electron chi connectivity index (χ4n) is 3.61. The zero-order valence-corrected chi connectivity index (χ0v) is 14.7. The van der Waals surface area contributed by atoms with E-state index in [1.807, 2.05) is 0 Å². The predicted molar refractivity (Wildman–Crippen MR) is 93.6 cm³/mol. The molecule has 1 aromatic heterocycles. The molecule has 2 fully saturated rings. The summed E-state index contributed by atoms with van der Waals surface area (Å²) in [5.41, 5.74) is 0. The molecule has 1 saturated heterocycles. The predicted octanol–water partition coefficient (Wildman–Crippen LogP) is 3.18. The Balaban J connectivity index is 1.51. The second-order valence-electron chi connectivity index (χ2n) is 6.79. The van der Waals surface area contributed by atoms with Crippen LogP contribution in [-0.4, -0.2) is 42.6 Å². The van der Waals surface area contributed by atoms with Crippen LogP contribution in [0.25, 0.3) is 0 Å². The molecule has 0 spiro atoms. The summed E-state index contributed by atoms with van der Waals surface area (Å²) in [6.45, 7) is 3.05. The lowest BCUT2D eigenvalue weighted by atomic mass is 9.95. The van der Waals surface area contributed by atoms with Crippen molar-refractivity contribution in [3.63, 3.8) is 0 Å². The van der Waals surface area contributed by atoms with Crippen molar-refractivity contribution in [2.45, 2.75) is 63.6 Å². The van der Waals surface area contributed by atoms with Gasteiger partial charge in [0.05, 0.1) is 12.6 Å². The summed E-state index contributed by atoms with van der Waals surface area (Å²) in [6.07, 6.45) is 8.65. The highest BCUT2D eigenvalue weighted by Gasteiger charge is 2.22. The second kappa shape index (κ2) is 8.81. The Kier molecular flexibility index (Phi) is 6.48.